The van der Waals surface area contributed by atoms with Crippen LogP contribution >= 0.6 is 0 Å². The van der Waals surface area contributed by atoms with Crippen LogP contribution in [0.1, 0.15) is 17.0 Å². The third-order valence-electron chi connectivity index (χ3n) is 5.72. The Balaban J connectivity index is 1.50. The van der Waals surface area contributed by atoms with Gasteiger partial charge in [0.1, 0.15) is 11.3 Å². The molecule has 33 heavy (non-hydrogen) atoms. The summed E-state index contributed by atoms with van der Waals surface area (Å²) in [7, 11) is -1.88. The normalized spacial score (nSPS) is 11.5. The van der Waals surface area contributed by atoms with Gasteiger partial charge in [-0.1, -0.05) is 48.5 Å². The second-order valence-corrected chi connectivity index (χ2v) is 9.54. The number of nitriles is 1. The van der Waals surface area contributed by atoms with Gasteiger partial charge in [0.2, 0.25) is 0 Å². The molecule has 5 rings (SSSR count). The molecule has 0 atom stereocenters. The van der Waals surface area contributed by atoms with Crippen LogP contribution in [0.5, 0.6) is 0 Å². The largest absolute Gasteiger partial charge is 0.331 e. The molecule has 0 spiro atoms. The van der Waals surface area contributed by atoms with Gasteiger partial charge in [-0.05, 0) is 52.7 Å². The monoisotopic (exact) mass is 452 g/mol. The van der Waals surface area contributed by atoms with E-state index in [1.165, 1.54) is 0 Å². The van der Waals surface area contributed by atoms with Crippen molar-refractivity contribution in [2.24, 2.45) is 7.05 Å². The van der Waals surface area contributed by atoms with Crippen molar-refractivity contribution in [3.63, 3.8) is 0 Å². The summed E-state index contributed by atoms with van der Waals surface area (Å²) in [5.41, 5.74) is 3.48. The quantitative estimate of drug-likeness (QED) is 0.407. The molecule has 162 valence electrons. The number of sulfonamides is 1. The number of aromatic nitrogens is 2. The Morgan fingerprint density at radius 3 is 2.45 bits per heavy atom. The fraction of sp³-hybridized carbons (Fsp3) is 0.0769. The first kappa shape index (κ1) is 20.7. The zero-order valence-electron chi connectivity index (χ0n) is 17.9. The molecule has 0 bridgehead atoms. The predicted octanol–water partition coefficient (Wildman–Crippen LogP) is 4.99. The van der Waals surface area contributed by atoms with Crippen molar-refractivity contribution in [3.05, 3.63) is 102 Å². The van der Waals surface area contributed by atoms with Crippen LogP contribution in [0.15, 0.2) is 89.8 Å². The average Bonchev–Trinajstić information content (AvgIpc) is 3.15. The summed E-state index contributed by atoms with van der Waals surface area (Å²) in [5.74, 6) is 0.798. The van der Waals surface area contributed by atoms with Gasteiger partial charge in [0.25, 0.3) is 10.0 Å². The molecule has 4 aromatic carbocycles. The van der Waals surface area contributed by atoms with Crippen LogP contribution in [0, 0.1) is 11.3 Å². The van der Waals surface area contributed by atoms with Gasteiger partial charge in [-0.25, -0.2) is 13.4 Å². The molecule has 0 aliphatic rings. The van der Waals surface area contributed by atoms with Crippen LogP contribution in [-0.2, 0) is 23.5 Å². The number of nitrogens with one attached hydrogen (secondary N) is 1. The molecule has 6 nitrogen and oxygen atoms in total. The van der Waals surface area contributed by atoms with E-state index in [4.69, 9.17) is 10.2 Å². The molecular formula is C26H20N4O2S. The standard InChI is InChI=1S/C26H20N4O2S/c1-30-24-8-4-7-23(26(24)28-25(30)15-18-9-11-19(17-27)12-10-18)29-33(31,32)22-14-13-20-5-2-3-6-21(20)16-22/h2-14,16,29H,15H2,1H3. The number of fused-ring (bicyclic) bond motifs is 2. The zero-order chi connectivity index (χ0) is 23.0. The van der Waals surface area contributed by atoms with E-state index in [0.717, 1.165) is 27.7 Å². The molecule has 0 unspecified atom stereocenters. The van der Waals surface area contributed by atoms with Gasteiger partial charge in [0, 0.05) is 13.5 Å². The van der Waals surface area contributed by atoms with Crippen molar-refractivity contribution in [1.82, 2.24) is 9.55 Å². The molecule has 1 N–H and O–H groups in total. The zero-order valence-corrected chi connectivity index (χ0v) is 18.7. The fourth-order valence-corrected chi connectivity index (χ4v) is 5.02. The van der Waals surface area contributed by atoms with Crippen molar-refractivity contribution in [3.8, 4) is 6.07 Å². The van der Waals surface area contributed by atoms with Gasteiger partial charge in [-0.3, -0.25) is 4.72 Å². The number of imidazole rings is 1. The van der Waals surface area contributed by atoms with Gasteiger partial charge in [-0.15, -0.1) is 0 Å². The Kier molecular flexibility index (Phi) is 5.08. The Labute approximate surface area is 191 Å². The fourth-order valence-electron chi connectivity index (χ4n) is 3.92. The summed E-state index contributed by atoms with van der Waals surface area (Å²) in [5, 5.41) is 10.8. The second-order valence-electron chi connectivity index (χ2n) is 7.86. The van der Waals surface area contributed by atoms with E-state index in [0.29, 0.717) is 23.2 Å². The summed E-state index contributed by atoms with van der Waals surface area (Å²) in [4.78, 5) is 4.95. The third kappa shape index (κ3) is 3.93. The molecule has 0 aliphatic heterocycles. The number of hydrogen-bond acceptors (Lipinski definition) is 4. The molecular weight excluding hydrogens is 432 g/mol. The lowest BCUT2D eigenvalue weighted by atomic mass is 10.1. The molecule has 1 aromatic heterocycles. The summed E-state index contributed by atoms with van der Waals surface area (Å²) >= 11 is 0. The highest BCUT2D eigenvalue weighted by Crippen LogP contribution is 2.28. The first-order valence-electron chi connectivity index (χ1n) is 10.4. The summed E-state index contributed by atoms with van der Waals surface area (Å²) in [6.45, 7) is 0. The Hall–Kier alpha value is -4.15. The van der Waals surface area contributed by atoms with Crippen LogP contribution in [-0.4, -0.2) is 18.0 Å². The lowest BCUT2D eigenvalue weighted by Gasteiger charge is -2.10. The number of para-hydroxylation sites is 1. The first-order valence-corrected chi connectivity index (χ1v) is 11.9. The number of hydrogen-bond donors (Lipinski definition) is 1. The predicted molar refractivity (Wildman–Crippen MR) is 129 cm³/mol. The summed E-state index contributed by atoms with van der Waals surface area (Å²) in [6, 6.07) is 27.7. The average molecular weight is 453 g/mol. The molecule has 0 saturated carbocycles. The number of nitrogens with zero attached hydrogens (tertiary/aromatic N) is 3. The summed E-state index contributed by atoms with van der Waals surface area (Å²) in [6.07, 6.45) is 0.563. The number of aryl methyl sites for hydroxylation is 1. The van der Waals surface area contributed by atoms with E-state index in [2.05, 4.69) is 10.8 Å². The minimum absolute atomic E-state index is 0.201. The van der Waals surface area contributed by atoms with Gasteiger partial charge < -0.3 is 4.57 Å². The van der Waals surface area contributed by atoms with Gasteiger partial charge in [-0.2, -0.15) is 5.26 Å². The molecule has 0 radical (unpaired) electrons. The van der Waals surface area contributed by atoms with Gasteiger partial charge >= 0.3 is 0 Å². The maximum absolute atomic E-state index is 13.2. The number of benzene rings is 4. The van der Waals surface area contributed by atoms with E-state index < -0.39 is 10.0 Å². The SMILES string of the molecule is Cn1c(Cc2ccc(C#N)cc2)nc2c(NS(=O)(=O)c3ccc4ccccc4c3)cccc21. The van der Waals surface area contributed by atoms with Crippen molar-refractivity contribution in [2.45, 2.75) is 11.3 Å². The molecule has 1 heterocycles. The van der Waals surface area contributed by atoms with Crippen LogP contribution in [0.2, 0.25) is 0 Å². The van der Waals surface area contributed by atoms with Gasteiger partial charge in [0.05, 0.1) is 27.7 Å². The van der Waals surface area contributed by atoms with E-state index in [-0.39, 0.29) is 4.90 Å². The van der Waals surface area contributed by atoms with Gasteiger partial charge in [0.15, 0.2) is 0 Å². The third-order valence-corrected chi connectivity index (χ3v) is 7.09. The second kappa shape index (κ2) is 8.08. The molecule has 0 amide bonds. The highest BCUT2D eigenvalue weighted by molar-refractivity contribution is 7.92. The van der Waals surface area contributed by atoms with E-state index in [9.17, 15) is 8.42 Å². The Morgan fingerprint density at radius 2 is 1.70 bits per heavy atom. The van der Waals surface area contributed by atoms with E-state index in [1.54, 1.807) is 36.4 Å². The summed E-state index contributed by atoms with van der Waals surface area (Å²) < 4.78 is 31.0. The van der Waals surface area contributed by atoms with E-state index >= 15 is 0 Å². The Bertz CT molecular complexity index is 1650. The molecule has 0 aliphatic carbocycles. The Morgan fingerprint density at radius 1 is 0.939 bits per heavy atom. The molecule has 5 aromatic rings. The lowest BCUT2D eigenvalue weighted by molar-refractivity contribution is 0.601. The minimum atomic E-state index is -3.80. The van der Waals surface area contributed by atoms with Crippen molar-refractivity contribution < 1.29 is 8.42 Å². The van der Waals surface area contributed by atoms with Crippen LogP contribution in [0.4, 0.5) is 5.69 Å². The lowest BCUT2D eigenvalue weighted by Crippen LogP contribution is -2.13. The maximum Gasteiger partial charge on any atom is 0.261 e. The molecule has 0 fully saturated rings. The minimum Gasteiger partial charge on any atom is -0.331 e. The highest BCUT2D eigenvalue weighted by Gasteiger charge is 2.18. The van der Waals surface area contributed by atoms with Crippen LogP contribution in [0.3, 0.4) is 0 Å². The number of anilines is 1. The van der Waals surface area contributed by atoms with Crippen LogP contribution in [0.25, 0.3) is 21.8 Å². The highest BCUT2D eigenvalue weighted by atomic mass is 32.2. The first-order chi connectivity index (χ1) is 15.9. The molecule has 0 saturated heterocycles. The number of rotatable bonds is 5. The topological polar surface area (TPSA) is 87.8 Å². The van der Waals surface area contributed by atoms with E-state index in [1.807, 2.05) is 60.1 Å². The smallest absolute Gasteiger partial charge is 0.261 e. The van der Waals surface area contributed by atoms with Crippen molar-refractivity contribution in [2.75, 3.05) is 4.72 Å². The van der Waals surface area contributed by atoms with Crippen molar-refractivity contribution in [1.29, 1.82) is 5.26 Å². The molecule has 7 heteroatoms. The maximum atomic E-state index is 13.2. The van der Waals surface area contributed by atoms with Crippen LogP contribution < -0.4 is 4.72 Å². The van der Waals surface area contributed by atoms with Crippen molar-refractivity contribution >= 4 is 37.5 Å².